The molecule has 1 aromatic carbocycles. The standard InChI is InChI=1S/C20H20F3N5/c21-20(22,23)17-2-1-3-18(14-17)27-12-10-26(11-13-27)15-28-19(6-9-25-28)16-4-7-24-8-5-16/h1-9,14H,10-13,15H2. The molecule has 5 nitrogen and oxygen atoms in total. The lowest BCUT2D eigenvalue weighted by Gasteiger charge is -2.36. The van der Waals surface area contributed by atoms with Gasteiger partial charge in [-0.25, -0.2) is 0 Å². The summed E-state index contributed by atoms with van der Waals surface area (Å²) in [6, 6.07) is 11.4. The number of hydrogen-bond donors (Lipinski definition) is 0. The van der Waals surface area contributed by atoms with E-state index in [0.29, 0.717) is 25.4 Å². The van der Waals surface area contributed by atoms with Crippen molar-refractivity contribution in [3.05, 3.63) is 66.6 Å². The van der Waals surface area contributed by atoms with E-state index in [9.17, 15) is 13.2 Å². The van der Waals surface area contributed by atoms with Gasteiger partial charge in [-0.2, -0.15) is 18.3 Å². The van der Waals surface area contributed by atoms with Crippen LogP contribution in [-0.4, -0.2) is 45.8 Å². The summed E-state index contributed by atoms with van der Waals surface area (Å²) in [5.41, 5.74) is 2.08. The van der Waals surface area contributed by atoms with Crippen molar-refractivity contribution < 1.29 is 13.2 Å². The van der Waals surface area contributed by atoms with E-state index < -0.39 is 11.7 Å². The van der Waals surface area contributed by atoms with Crippen molar-refractivity contribution in [2.24, 2.45) is 0 Å². The Hall–Kier alpha value is -2.87. The zero-order chi connectivity index (χ0) is 19.6. The smallest absolute Gasteiger partial charge is 0.369 e. The summed E-state index contributed by atoms with van der Waals surface area (Å²) in [7, 11) is 0. The molecule has 0 saturated carbocycles. The Morgan fingerprint density at radius 2 is 1.64 bits per heavy atom. The van der Waals surface area contributed by atoms with Gasteiger partial charge in [-0.05, 0) is 36.4 Å². The van der Waals surface area contributed by atoms with Gasteiger partial charge in [0.1, 0.15) is 0 Å². The maximum atomic E-state index is 12.9. The van der Waals surface area contributed by atoms with Crippen molar-refractivity contribution in [2.75, 3.05) is 31.1 Å². The summed E-state index contributed by atoms with van der Waals surface area (Å²) < 4.78 is 40.8. The van der Waals surface area contributed by atoms with Crippen molar-refractivity contribution in [1.29, 1.82) is 0 Å². The maximum Gasteiger partial charge on any atom is 0.416 e. The van der Waals surface area contributed by atoms with Gasteiger partial charge in [-0.15, -0.1) is 0 Å². The second-order valence-corrected chi connectivity index (χ2v) is 6.75. The van der Waals surface area contributed by atoms with Gasteiger partial charge in [0, 0.05) is 56.0 Å². The van der Waals surface area contributed by atoms with E-state index in [1.165, 1.54) is 12.1 Å². The fraction of sp³-hybridized carbons (Fsp3) is 0.300. The molecule has 146 valence electrons. The summed E-state index contributed by atoms with van der Waals surface area (Å²) in [5, 5.41) is 4.42. The van der Waals surface area contributed by atoms with Crippen LogP contribution in [-0.2, 0) is 12.8 Å². The first kappa shape index (κ1) is 18.5. The van der Waals surface area contributed by atoms with Crippen LogP contribution in [0.15, 0.2) is 61.1 Å². The summed E-state index contributed by atoms with van der Waals surface area (Å²) in [6.07, 6.45) is 0.955. The molecule has 0 radical (unpaired) electrons. The molecule has 0 bridgehead atoms. The number of rotatable bonds is 4. The van der Waals surface area contributed by atoms with Crippen molar-refractivity contribution in [3.63, 3.8) is 0 Å². The highest BCUT2D eigenvalue weighted by Crippen LogP contribution is 2.32. The second kappa shape index (κ2) is 7.63. The highest BCUT2D eigenvalue weighted by atomic mass is 19.4. The molecule has 1 fully saturated rings. The lowest BCUT2D eigenvalue weighted by molar-refractivity contribution is -0.137. The first-order valence-electron chi connectivity index (χ1n) is 9.07. The number of piperazine rings is 1. The average Bonchev–Trinajstić information content (AvgIpc) is 3.17. The van der Waals surface area contributed by atoms with Gasteiger partial charge >= 0.3 is 6.18 Å². The number of nitrogens with zero attached hydrogens (tertiary/aromatic N) is 5. The summed E-state index contributed by atoms with van der Waals surface area (Å²) in [6.45, 7) is 3.50. The summed E-state index contributed by atoms with van der Waals surface area (Å²) >= 11 is 0. The predicted octanol–water partition coefficient (Wildman–Crippen LogP) is 3.74. The van der Waals surface area contributed by atoms with Gasteiger partial charge in [-0.1, -0.05) is 6.07 Å². The molecule has 0 amide bonds. The molecule has 4 rings (SSSR count). The number of hydrogen-bond acceptors (Lipinski definition) is 4. The average molecular weight is 387 g/mol. The van der Waals surface area contributed by atoms with Crippen molar-refractivity contribution >= 4 is 5.69 Å². The SMILES string of the molecule is FC(F)(F)c1cccc(N2CCN(Cn3nccc3-c3ccncc3)CC2)c1. The number of benzene rings is 1. The van der Waals surface area contributed by atoms with Crippen molar-refractivity contribution in [3.8, 4) is 11.3 Å². The summed E-state index contributed by atoms with van der Waals surface area (Å²) in [5.74, 6) is 0. The molecule has 0 aliphatic carbocycles. The van der Waals surface area contributed by atoms with Crippen LogP contribution >= 0.6 is 0 Å². The topological polar surface area (TPSA) is 37.2 Å². The van der Waals surface area contributed by atoms with Crippen LogP contribution in [0.5, 0.6) is 0 Å². The van der Waals surface area contributed by atoms with Crippen LogP contribution in [0.2, 0.25) is 0 Å². The molecular weight excluding hydrogens is 367 g/mol. The molecule has 3 aromatic rings. The third-order valence-corrected chi connectivity index (χ3v) is 4.94. The van der Waals surface area contributed by atoms with Crippen LogP contribution < -0.4 is 4.90 Å². The fourth-order valence-corrected chi connectivity index (χ4v) is 3.43. The van der Waals surface area contributed by atoms with Crippen LogP contribution in [0.4, 0.5) is 18.9 Å². The highest BCUT2D eigenvalue weighted by molar-refractivity contribution is 5.58. The molecule has 0 spiro atoms. The van der Waals surface area contributed by atoms with Crippen LogP contribution in [0.3, 0.4) is 0 Å². The second-order valence-electron chi connectivity index (χ2n) is 6.75. The lowest BCUT2D eigenvalue weighted by atomic mass is 10.1. The Balaban J connectivity index is 1.40. The fourth-order valence-electron chi connectivity index (χ4n) is 3.43. The largest absolute Gasteiger partial charge is 0.416 e. The number of anilines is 1. The van der Waals surface area contributed by atoms with Crippen molar-refractivity contribution in [2.45, 2.75) is 12.8 Å². The molecule has 0 N–H and O–H groups in total. The first-order valence-corrected chi connectivity index (χ1v) is 9.07. The van der Waals surface area contributed by atoms with Crippen LogP contribution in [0.25, 0.3) is 11.3 Å². The maximum absolute atomic E-state index is 12.9. The molecule has 0 atom stereocenters. The monoisotopic (exact) mass is 387 g/mol. The number of halogens is 3. The normalized spacial score (nSPS) is 15.8. The van der Waals surface area contributed by atoms with Gasteiger partial charge in [0.05, 0.1) is 17.9 Å². The van der Waals surface area contributed by atoms with Crippen LogP contribution in [0.1, 0.15) is 5.56 Å². The predicted molar refractivity (Wildman–Crippen MR) is 101 cm³/mol. The van der Waals surface area contributed by atoms with E-state index in [4.69, 9.17) is 0 Å². The van der Waals surface area contributed by atoms with E-state index in [2.05, 4.69) is 15.0 Å². The number of alkyl halides is 3. The molecule has 2 aromatic heterocycles. The minimum Gasteiger partial charge on any atom is -0.369 e. The Labute approximate surface area is 161 Å². The van der Waals surface area contributed by atoms with Crippen molar-refractivity contribution in [1.82, 2.24) is 19.7 Å². The molecule has 1 aliphatic rings. The summed E-state index contributed by atoms with van der Waals surface area (Å²) in [4.78, 5) is 8.29. The van der Waals surface area contributed by atoms with Gasteiger partial charge in [0.2, 0.25) is 0 Å². The lowest BCUT2D eigenvalue weighted by Crippen LogP contribution is -2.47. The van der Waals surface area contributed by atoms with E-state index in [0.717, 1.165) is 30.4 Å². The quantitative estimate of drug-likeness (QED) is 0.684. The van der Waals surface area contributed by atoms with Gasteiger partial charge < -0.3 is 4.90 Å². The third-order valence-electron chi connectivity index (χ3n) is 4.94. The van der Waals surface area contributed by atoms with E-state index in [1.54, 1.807) is 24.7 Å². The third kappa shape index (κ3) is 4.01. The Bertz CT molecular complexity index is 915. The number of pyridine rings is 1. The molecule has 1 saturated heterocycles. The minimum atomic E-state index is -4.32. The Kier molecular flexibility index (Phi) is 5.04. The zero-order valence-electron chi connectivity index (χ0n) is 15.2. The molecule has 0 unspecified atom stereocenters. The van der Waals surface area contributed by atoms with E-state index >= 15 is 0 Å². The number of aromatic nitrogens is 3. The zero-order valence-corrected chi connectivity index (χ0v) is 15.2. The molecule has 1 aliphatic heterocycles. The molecule has 8 heteroatoms. The molecule has 28 heavy (non-hydrogen) atoms. The Morgan fingerprint density at radius 3 is 2.36 bits per heavy atom. The molecular formula is C20H20F3N5. The Morgan fingerprint density at radius 1 is 0.893 bits per heavy atom. The van der Waals surface area contributed by atoms with Gasteiger partial charge in [0.25, 0.3) is 0 Å². The van der Waals surface area contributed by atoms with Crippen LogP contribution in [0, 0.1) is 0 Å². The molecule has 3 heterocycles. The van der Waals surface area contributed by atoms with Gasteiger partial charge in [0.15, 0.2) is 0 Å². The van der Waals surface area contributed by atoms with E-state index in [1.807, 2.05) is 27.8 Å². The first-order chi connectivity index (χ1) is 13.5. The minimum absolute atomic E-state index is 0.606. The van der Waals surface area contributed by atoms with E-state index in [-0.39, 0.29) is 0 Å². The van der Waals surface area contributed by atoms with Gasteiger partial charge in [-0.3, -0.25) is 14.6 Å². The highest BCUT2D eigenvalue weighted by Gasteiger charge is 2.31.